The van der Waals surface area contributed by atoms with Crippen LogP contribution in [0.3, 0.4) is 0 Å². The number of nitro groups is 1. The smallest absolute Gasteiger partial charge is 0.269 e. The molecule has 9 heteroatoms. The van der Waals surface area contributed by atoms with Gasteiger partial charge in [0.05, 0.1) is 14.3 Å². The molecule has 1 aliphatic rings. The van der Waals surface area contributed by atoms with E-state index < -0.39 is 4.92 Å². The van der Waals surface area contributed by atoms with Crippen LogP contribution in [-0.2, 0) is 11.4 Å². The molecule has 7 nitrogen and oxygen atoms in total. The number of amidine groups is 1. The van der Waals surface area contributed by atoms with Gasteiger partial charge in [-0.25, -0.2) is 0 Å². The number of benzene rings is 2. The highest BCUT2D eigenvalue weighted by Gasteiger charge is 2.31. The Labute approximate surface area is 187 Å². The Kier molecular flexibility index (Phi) is 7.28. The van der Waals surface area contributed by atoms with Gasteiger partial charge in [0.15, 0.2) is 5.17 Å². The number of nitrogens with zero attached hydrogens (tertiary/aromatic N) is 3. The Balaban J connectivity index is 1.73. The highest BCUT2D eigenvalue weighted by molar-refractivity contribution is 9.10. The number of carbonyl (C=O) groups is 1. The van der Waals surface area contributed by atoms with Crippen LogP contribution in [0.4, 0.5) is 5.69 Å². The van der Waals surface area contributed by atoms with E-state index in [1.54, 1.807) is 23.1 Å². The van der Waals surface area contributed by atoms with Gasteiger partial charge in [-0.1, -0.05) is 18.2 Å². The van der Waals surface area contributed by atoms with Crippen LogP contribution in [0.2, 0.25) is 0 Å². The van der Waals surface area contributed by atoms with E-state index in [4.69, 9.17) is 4.74 Å². The van der Waals surface area contributed by atoms with Gasteiger partial charge < -0.3 is 4.74 Å². The van der Waals surface area contributed by atoms with Gasteiger partial charge in [0, 0.05) is 25.2 Å². The molecule has 0 saturated carbocycles. The number of hydrogen-bond acceptors (Lipinski definition) is 6. The molecule has 1 aliphatic heterocycles. The van der Waals surface area contributed by atoms with E-state index in [1.165, 1.54) is 23.9 Å². The first-order valence-electron chi connectivity index (χ1n) is 9.34. The summed E-state index contributed by atoms with van der Waals surface area (Å²) >= 11 is 4.87. The lowest BCUT2D eigenvalue weighted by atomic mass is 10.2. The Bertz CT molecular complexity index is 1040. The zero-order chi connectivity index (χ0) is 21.7. The summed E-state index contributed by atoms with van der Waals surface area (Å²) in [4.78, 5) is 29.7. The minimum atomic E-state index is -0.430. The minimum Gasteiger partial charge on any atom is -0.488 e. The molecule has 1 fully saturated rings. The third-order valence-corrected chi connectivity index (χ3v) is 5.93. The summed E-state index contributed by atoms with van der Waals surface area (Å²) in [6.07, 6.45) is 1.84. The fourth-order valence-corrected chi connectivity index (χ4v) is 4.45. The van der Waals surface area contributed by atoms with E-state index in [0.717, 1.165) is 15.2 Å². The lowest BCUT2D eigenvalue weighted by Crippen LogP contribution is -2.28. The van der Waals surface area contributed by atoms with Crippen molar-refractivity contribution >= 4 is 50.5 Å². The van der Waals surface area contributed by atoms with Crippen molar-refractivity contribution in [2.45, 2.75) is 20.5 Å². The molecule has 1 saturated heterocycles. The molecular weight excluding hydrogens is 470 g/mol. The van der Waals surface area contributed by atoms with Crippen LogP contribution in [0.15, 0.2) is 56.8 Å². The van der Waals surface area contributed by atoms with Crippen molar-refractivity contribution in [1.82, 2.24) is 4.90 Å². The molecule has 1 amide bonds. The zero-order valence-electron chi connectivity index (χ0n) is 16.5. The van der Waals surface area contributed by atoms with E-state index in [-0.39, 0.29) is 18.2 Å². The minimum absolute atomic E-state index is 0.0305. The van der Waals surface area contributed by atoms with E-state index in [9.17, 15) is 14.9 Å². The number of non-ortho nitro benzene ring substituents is 1. The van der Waals surface area contributed by atoms with Crippen LogP contribution in [-0.4, -0.2) is 34.0 Å². The van der Waals surface area contributed by atoms with Crippen molar-refractivity contribution in [3.63, 3.8) is 0 Å². The second-order valence-electron chi connectivity index (χ2n) is 6.32. The van der Waals surface area contributed by atoms with Crippen molar-refractivity contribution in [1.29, 1.82) is 0 Å². The lowest BCUT2D eigenvalue weighted by molar-refractivity contribution is -0.384. The molecule has 0 aliphatic carbocycles. The van der Waals surface area contributed by atoms with Crippen LogP contribution in [0.5, 0.6) is 5.75 Å². The van der Waals surface area contributed by atoms with E-state index in [1.807, 2.05) is 32.1 Å². The largest absolute Gasteiger partial charge is 0.488 e. The first kappa shape index (κ1) is 22.0. The highest BCUT2D eigenvalue weighted by atomic mass is 79.9. The molecule has 156 valence electrons. The molecular formula is C21H20BrN3O4S. The summed E-state index contributed by atoms with van der Waals surface area (Å²) < 4.78 is 6.53. The van der Waals surface area contributed by atoms with Gasteiger partial charge in [0.1, 0.15) is 12.4 Å². The van der Waals surface area contributed by atoms with Gasteiger partial charge in [-0.2, -0.15) is 0 Å². The Hall–Kier alpha value is -2.65. The highest BCUT2D eigenvalue weighted by Crippen LogP contribution is 2.34. The van der Waals surface area contributed by atoms with Crippen LogP contribution in [0.25, 0.3) is 6.08 Å². The molecule has 2 aromatic carbocycles. The molecule has 3 rings (SSSR count). The topological polar surface area (TPSA) is 85.0 Å². The number of likely N-dealkylation sites (N-methyl/N-ethyl adjacent to an activating group) is 1. The SMILES string of the molecule is CCN=C1S/C(=C/c2ccc(OCc3cccc([N+](=O)[O-])c3)c(Br)c2)C(=O)N1CC. The molecule has 0 atom stereocenters. The molecule has 0 radical (unpaired) electrons. The van der Waals surface area contributed by atoms with Gasteiger partial charge in [0.2, 0.25) is 0 Å². The van der Waals surface area contributed by atoms with E-state index in [0.29, 0.717) is 29.3 Å². The average molecular weight is 490 g/mol. The number of halogens is 1. The third-order valence-electron chi connectivity index (χ3n) is 4.27. The maximum atomic E-state index is 12.6. The van der Waals surface area contributed by atoms with Crippen LogP contribution >= 0.6 is 27.7 Å². The van der Waals surface area contributed by atoms with Crippen molar-refractivity contribution in [2.75, 3.05) is 13.1 Å². The van der Waals surface area contributed by atoms with Gasteiger partial charge in [-0.15, -0.1) is 0 Å². The average Bonchev–Trinajstić information content (AvgIpc) is 3.02. The maximum absolute atomic E-state index is 12.6. The Morgan fingerprint density at radius 1 is 1.27 bits per heavy atom. The predicted octanol–water partition coefficient (Wildman–Crippen LogP) is 5.25. The number of rotatable bonds is 7. The fraction of sp³-hybridized carbons (Fsp3) is 0.238. The summed E-state index contributed by atoms with van der Waals surface area (Å²) in [5.74, 6) is 0.564. The Morgan fingerprint density at radius 2 is 2.07 bits per heavy atom. The molecule has 0 N–H and O–H groups in total. The summed E-state index contributed by atoms with van der Waals surface area (Å²) in [5, 5.41) is 11.6. The molecule has 2 aromatic rings. The molecule has 0 unspecified atom stereocenters. The van der Waals surface area contributed by atoms with Crippen molar-refractivity contribution in [3.05, 3.63) is 73.1 Å². The molecule has 0 bridgehead atoms. The first-order chi connectivity index (χ1) is 14.4. The number of aliphatic imine (C=N–C) groups is 1. The van der Waals surface area contributed by atoms with Crippen molar-refractivity contribution in [2.24, 2.45) is 4.99 Å². The molecule has 1 heterocycles. The number of thioether (sulfide) groups is 1. The number of ether oxygens (including phenoxy) is 1. The predicted molar refractivity (Wildman–Crippen MR) is 123 cm³/mol. The second-order valence-corrected chi connectivity index (χ2v) is 8.19. The van der Waals surface area contributed by atoms with Gasteiger partial charge in [0.25, 0.3) is 11.6 Å². The standard InChI is InChI=1S/C21H20BrN3O4S/c1-3-23-21-24(4-2)20(26)19(30-21)12-14-8-9-18(17(22)11-14)29-13-15-6-5-7-16(10-15)25(27)28/h5-12H,3-4,13H2,1-2H3/b19-12+,23-21?. The van der Waals surface area contributed by atoms with Crippen molar-refractivity contribution < 1.29 is 14.5 Å². The monoisotopic (exact) mass is 489 g/mol. The van der Waals surface area contributed by atoms with E-state index >= 15 is 0 Å². The van der Waals surface area contributed by atoms with E-state index in [2.05, 4.69) is 20.9 Å². The van der Waals surface area contributed by atoms with Gasteiger partial charge in [-0.05, 0) is 70.9 Å². The molecule has 0 spiro atoms. The second kappa shape index (κ2) is 9.90. The quantitative estimate of drug-likeness (QED) is 0.301. The lowest BCUT2D eigenvalue weighted by Gasteiger charge is -2.11. The van der Waals surface area contributed by atoms with Crippen LogP contribution < -0.4 is 4.74 Å². The summed E-state index contributed by atoms with van der Waals surface area (Å²) in [6.45, 7) is 5.28. The number of carbonyl (C=O) groups excluding carboxylic acids is 1. The fourth-order valence-electron chi connectivity index (χ4n) is 2.84. The Morgan fingerprint density at radius 3 is 2.73 bits per heavy atom. The summed E-state index contributed by atoms with van der Waals surface area (Å²) in [5.41, 5.74) is 1.59. The normalized spacial score (nSPS) is 16.5. The number of hydrogen-bond donors (Lipinski definition) is 0. The zero-order valence-corrected chi connectivity index (χ0v) is 18.9. The van der Waals surface area contributed by atoms with Crippen LogP contribution in [0, 0.1) is 10.1 Å². The molecule has 30 heavy (non-hydrogen) atoms. The first-order valence-corrected chi connectivity index (χ1v) is 11.0. The van der Waals surface area contributed by atoms with Crippen LogP contribution in [0.1, 0.15) is 25.0 Å². The van der Waals surface area contributed by atoms with Gasteiger partial charge in [-0.3, -0.25) is 24.8 Å². The number of amides is 1. The summed E-state index contributed by atoms with van der Waals surface area (Å²) in [7, 11) is 0. The maximum Gasteiger partial charge on any atom is 0.269 e. The third kappa shape index (κ3) is 5.09. The molecule has 0 aromatic heterocycles. The summed E-state index contributed by atoms with van der Waals surface area (Å²) in [6, 6.07) is 11.9. The van der Waals surface area contributed by atoms with Crippen molar-refractivity contribution in [3.8, 4) is 5.75 Å². The van der Waals surface area contributed by atoms with Gasteiger partial charge >= 0.3 is 0 Å². The number of nitro benzene ring substituents is 1.